The van der Waals surface area contributed by atoms with Gasteiger partial charge in [0.1, 0.15) is 18.2 Å². The van der Waals surface area contributed by atoms with E-state index < -0.39 is 5.97 Å². The second-order valence-corrected chi connectivity index (χ2v) is 9.30. The van der Waals surface area contributed by atoms with Gasteiger partial charge < -0.3 is 9.47 Å². The van der Waals surface area contributed by atoms with Crippen molar-refractivity contribution in [2.75, 3.05) is 0 Å². The fourth-order valence-electron chi connectivity index (χ4n) is 3.58. The molecule has 5 rings (SSSR count). The van der Waals surface area contributed by atoms with Crippen LogP contribution < -0.4 is 4.74 Å². The summed E-state index contributed by atoms with van der Waals surface area (Å²) in [6, 6.07) is 23.8. The third kappa shape index (κ3) is 4.67. The highest BCUT2D eigenvalue weighted by Gasteiger charge is 2.24. The minimum absolute atomic E-state index is 0.0794. The van der Waals surface area contributed by atoms with Gasteiger partial charge in [-0.2, -0.15) is 0 Å². The smallest absolute Gasteiger partial charge is 0.363 e. The van der Waals surface area contributed by atoms with Gasteiger partial charge in [-0.15, -0.1) is 0 Å². The van der Waals surface area contributed by atoms with Gasteiger partial charge in [-0.3, -0.25) is 0 Å². The first-order valence-electron chi connectivity index (χ1n) is 10.3. The summed E-state index contributed by atoms with van der Waals surface area (Å²) < 4.78 is 26.4. The quantitative estimate of drug-likeness (QED) is 0.182. The summed E-state index contributed by atoms with van der Waals surface area (Å²) >= 11 is 6.99. The van der Waals surface area contributed by atoms with Crippen molar-refractivity contribution in [2.24, 2.45) is 4.99 Å². The molecule has 168 valence electrons. The lowest BCUT2D eigenvalue weighted by molar-refractivity contribution is -0.129. The van der Waals surface area contributed by atoms with Gasteiger partial charge in [0, 0.05) is 11.1 Å². The lowest BCUT2D eigenvalue weighted by atomic mass is 10.1. The first-order valence-corrected chi connectivity index (χ1v) is 11.9. The number of aliphatic imine (C=N–C) groups is 1. The molecule has 0 N–H and O–H groups in total. The van der Waals surface area contributed by atoms with E-state index in [1.807, 2.05) is 42.5 Å². The van der Waals surface area contributed by atoms with E-state index in [0.717, 1.165) is 16.3 Å². The molecular weight excluding hydrogens is 565 g/mol. The van der Waals surface area contributed by atoms with Crippen LogP contribution in [0, 0.1) is 5.82 Å². The highest BCUT2D eigenvalue weighted by atomic mass is 79.9. The molecule has 1 aliphatic heterocycles. The van der Waals surface area contributed by atoms with E-state index in [1.165, 1.54) is 6.07 Å². The number of esters is 1. The summed E-state index contributed by atoms with van der Waals surface area (Å²) in [5.41, 5.74) is 2.10. The number of halogens is 3. The third-order valence-corrected chi connectivity index (χ3v) is 6.45. The zero-order valence-corrected chi connectivity index (χ0v) is 20.8. The van der Waals surface area contributed by atoms with Crippen molar-refractivity contribution >= 4 is 60.6 Å². The van der Waals surface area contributed by atoms with E-state index in [1.54, 1.807) is 36.4 Å². The van der Waals surface area contributed by atoms with Crippen LogP contribution >= 0.6 is 31.9 Å². The zero-order valence-electron chi connectivity index (χ0n) is 17.6. The lowest BCUT2D eigenvalue weighted by Crippen LogP contribution is -2.05. The first-order chi connectivity index (χ1) is 16.5. The van der Waals surface area contributed by atoms with Crippen LogP contribution in [0.25, 0.3) is 16.8 Å². The Morgan fingerprint density at radius 2 is 1.62 bits per heavy atom. The summed E-state index contributed by atoms with van der Waals surface area (Å²) in [4.78, 5) is 16.9. The van der Waals surface area contributed by atoms with Gasteiger partial charge in [0.25, 0.3) is 0 Å². The number of carbonyl (C=O) groups excluding carboxylic acids is 1. The van der Waals surface area contributed by atoms with Gasteiger partial charge in [-0.1, -0.05) is 48.5 Å². The molecule has 1 heterocycles. The molecule has 4 nitrogen and oxygen atoms in total. The van der Waals surface area contributed by atoms with Crippen molar-refractivity contribution in [2.45, 2.75) is 6.61 Å². The highest BCUT2D eigenvalue weighted by molar-refractivity contribution is 9.11. The van der Waals surface area contributed by atoms with Gasteiger partial charge in [0.2, 0.25) is 5.90 Å². The molecule has 0 aromatic heterocycles. The molecule has 1 aliphatic rings. The van der Waals surface area contributed by atoms with Crippen molar-refractivity contribution < 1.29 is 18.7 Å². The fourth-order valence-corrected chi connectivity index (χ4v) is 5.03. The molecule has 0 spiro atoms. The van der Waals surface area contributed by atoms with Gasteiger partial charge in [-0.25, -0.2) is 14.2 Å². The molecule has 0 aliphatic carbocycles. The number of ether oxygens (including phenoxy) is 2. The summed E-state index contributed by atoms with van der Waals surface area (Å²) in [7, 11) is 0. The van der Waals surface area contributed by atoms with E-state index in [4.69, 9.17) is 9.47 Å². The van der Waals surface area contributed by atoms with E-state index in [-0.39, 0.29) is 24.0 Å². The van der Waals surface area contributed by atoms with Gasteiger partial charge >= 0.3 is 5.97 Å². The maximum Gasteiger partial charge on any atom is 0.363 e. The van der Waals surface area contributed by atoms with Crippen molar-refractivity contribution in [1.29, 1.82) is 0 Å². The Kier molecular flexibility index (Phi) is 6.30. The molecule has 0 atom stereocenters. The summed E-state index contributed by atoms with van der Waals surface area (Å²) in [6.45, 7) is 0.0794. The molecular formula is C27H16Br2FNO3. The Hall–Kier alpha value is -3.29. The minimum Gasteiger partial charge on any atom is -0.486 e. The van der Waals surface area contributed by atoms with Gasteiger partial charge in [0.05, 0.1) is 8.95 Å². The number of fused-ring (bicyclic) bond motifs is 1. The van der Waals surface area contributed by atoms with Crippen molar-refractivity contribution in [1.82, 2.24) is 0 Å². The molecule has 4 aromatic carbocycles. The van der Waals surface area contributed by atoms with E-state index in [2.05, 4.69) is 36.9 Å². The van der Waals surface area contributed by atoms with Crippen LogP contribution in [0.3, 0.4) is 0 Å². The molecule has 0 radical (unpaired) electrons. The number of rotatable bonds is 5. The first kappa shape index (κ1) is 22.5. The number of hydrogen-bond acceptors (Lipinski definition) is 4. The molecule has 0 amide bonds. The van der Waals surface area contributed by atoms with Crippen molar-refractivity contribution in [3.8, 4) is 5.75 Å². The topological polar surface area (TPSA) is 47.9 Å². The number of nitrogens with zero attached hydrogens (tertiary/aromatic N) is 1. The standard InChI is InChI=1S/C27H16Br2FNO3/c28-21-11-16(12-22(29)25(21)33-15-20-7-3-4-8-23(20)30)13-24-27(32)34-26(31-24)19-10-9-17-5-1-2-6-18(17)14-19/h1-14H,15H2/b24-13-. The maximum atomic E-state index is 13.9. The predicted molar refractivity (Wildman–Crippen MR) is 137 cm³/mol. The van der Waals surface area contributed by atoms with Gasteiger partial charge in [0.15, 0.2) is 5.70 Å². The van der Waals surface area contributed by atoms with E-state index in [0.29, 0.717) is 25.8 Å². The minimum atomic E-state index is -0.518. The molecule has 34 heavy (non-hydrogen) atoms. The molecule has 0 fully saturated rings. The Balaban J connectivity index is 1.39. The average Bonchev–Trinajstić information content (AvgIpc) is 3.19. The Morgan fingerprint density at radius 3 is 2.38 bits per heavy atom. The summed E-state index contributed by atoms with van der Waals surface area (Å²) in [5, 5.41) is 2.13. The maximum absolute atomic E-state index is 13.9. The SMILES string of the molecule is O=C1OC(c2ccc3ccccc3c2)=N/C1=C\c1cc(Br)c(OCc2ccccc2F)c(Br)c1. The Morgan fingerprint density at radius 1 is 0.912 bits per heavy atom. The van der Waals surface area contributed by atoms with Crippen LogP contribution in [0.2, 0.25) is 0 Å². The molecule has 0 saturated heterocycles. The number of carbonyl (C=O) groups is 1. The average molecular weight is 581 g/mol. The van der Waals surface area contributed by atoms with Crippen LogP contribution in [0.4, 0.5) is 4.39 Å². The third-order valence-electron chi connectivity index (χ3n) is 5.27. The monoisotopic (exact) mass is 579 g/mol. The van der Waals surface area contributed by atoms with E-state index in [9.17, 15) is 9.18 Å². The largest absolute Gasteiger partial charge is 0.486 e. The van der Waals surface area contributed by atoms with Crippen LogP contribution in [0.5, 0.6) is 5.75 Å². The predicted octanol–water partition coefficient (Wildman–Crippen LogP) is 7.43. The van der Waals surface area contributed by atoms with Crippen molar-refractivity contribution in [3.05, 3.63) is 116 Å². The normalized spacial score (nSPS) is 14.4. The Bertz CT molecular complexity index is 1470. The second-order valence-electron chi connectivity index (χ2n) is 7.59. The Labute approximate surface area is 212 Å². The second kappa shape index (κ2) is 9.52. The molecule has 7 heteroatoms. The highest BCUT2D eigenvalue weighted by Crippen LogP contribution is 2.36. The van der Waals surface area contributed by atoms with Crippen LogP contribution in [0.15, 0.2) is 98.5 Å². The molecule has 0 saturated carbocycles. The van der Waals surface area contributed by atoms with Crippen LogP contribution in [-0.2, 0) is 16.1 Å². The lowest BCUT2D eigenvalue weighted by Gasteiger charge is -2.12. The zero-order chi connectivity index (χ0) is 23.7. The van der Waals surface area contributed by atoms with Crippen LogP contribution in [-0.4, -0.2) is 11.9 Å². The number of cyclic esters (lactones) is 1. The number of hydrogen-bond donors (Lipinski definition) is 0. The molecule has 0 bridgehead atoms. The summed E-state index contributed by atoms with van der Waals surface area (Å²) in [6.07, 6.45) is 1.65. The van der Waals surface area contributed by atoms with E-state index >= 15 is 0 Å². The molecule has 4 aromatic rings. The van der Waals surface area contributed by atoms with Crippen molar-refractivity contribution in [3.63, 3.8) is 0 Å². The van der Waals surface area contributed by atoms with Gasteiger partial charge in [-0.05, 0) is 84.6 Å². The molecule has 0 unspecified atom stereocenters. The summed E-state index contributed by atoms with van der Waals surface area (Å²) in [5.74, 6) is -0.0454. The number of benzene rings is 4. The van der Waals surface area contributed by atoms with Crippen LogP contribution in [0.1, 0.15) is 16.7 Å². The fraction of sp³-hybridized carbons (Fsp3) is 0.0370.